The van der Waals surface area contributed by atoms with Crippen LogP contribution in [0.15, 0.2) is 79.3 Å². The fourth-order valence-corrected chi connectivity index (χ4v) is 5.20. The number of rotatable bonds is 6. The Morgan fingerprint density at radius 3 is 2.81 bits per heavy atom. The van der Waals surface area contributed by atoms with Gasteiger partial charge in [-0.05, 0) is 48.0 Å². The molecule has 5 aromatic rings. The van der Waals surface area contributed by atoms with Crippen molar-refractivity contribution in [3.8, 4) is 16.3 Å². The van der Waals surface area contributed by atoms with Gasteiger partial charge in [-0.2, -0.15) is 5.10 Å². The van der Waals surface area contributed by atoms with Gasteiger partial charge in [0.05, 0.1) is 24.6 Å². The molecule has 1 aliphatic heterocycles. The molecule has 0 bridgehead atoms. The molecule has 8 nitrogen and oxygen atoms in total. The van der Waals surface area contributed by atoms with Gasteiger partial charge in [-0.25, -0.2) is 14.6 Å². The van der Waals surface area contributed by atoms with Crippen LogP contribution in [-0.2, 0) is 11.3 Å². The molecule has 1 fully saturated rings. The third-order valence-corrected chi connectivity index (χ3v) is 7.11. The summed E-state index contributed by atoms with van der Waals surface area (Å²) in [5.41, 5.74) is 4.96. The molecule has 9 heteroatoms. The first kappa shape index (κ1) is 22.5. The molecule has 0 saturated carbocycles. The molecule has 0 aliphatic carbocycles. The van der Waals surface area contributed by atoms with Crippen molar-refractivity contribution in [2.45, 2.75) is 6.54 Å². The highest BCUT2D eigenvalue weighted by atomic mass is 32.1. The molecule has 1 amide bonds. The van der Waals surface area contributed by atoms with Crippen molar-refractivity contribution < 1.29 is 9.53 Å². The first-order chi connectivity index (χ1) is 17.7. The second kappa shape index (κ2) is 9.98. The molecule has 4 heterocycles. The fraction of sp³-hybridized carbons (Fsp3) is 0.185. The van der Waals surface area contributed by atoms with Crippen LogP contribution in [0, 0.1) is 0 Å². The largest absolute Gasteiger partial charge is 0.379 e. The van der Waals surface area contributed by atoms with Crippen LogP contribution in [0.25, 0.3) is 26.6 Å². The van der Waals surface area contributed by atoms with Crippen molar-refractivity contribution in [3.05, 3.63) is 90.4 Å². The highest BCUT2D eigenvalue weighted by molar-refractivity contribution is 7.21. The van der Waals surface area contributed by atoms with E-state index in [-0.39, 0.29) is 5.91 Å². The molecule has 0 atom stereocenters. The van der Waals surface area contributed by atoms with Gasteiger partial charge in [0.25, 0.3) is 5.91 Å². The summed E-state index contributed by atoms with van der Waals surface area (Å²) in [7, 11) is 0. The van der Waals surface area contributed by atoms with Gasteiger partial charge >= 0.3 is 0 Å². The van der Waals surface area contributed by atoms with Crippen LogP contribution < -0.4 is 5.32 Å². The zero-order valence-electron chi connectivity index (χ0n) is 19.5. The molecule has 0 spiro atoms. The van der Waals surface area contributed by atoms with Crippen LogP contribution in [0.3, 0.4) is 0 Å². The highest BCUT2D eigenvalue weighted by Gasteiger charge is 2.16. The molecule has 1 N–H and O–H groups in total. The normalized spacial score (nSPS) is 14.2. The number of nitrogens with one attached hydrogen (secondary N) is 1. The lowest BCUT2D eigenvalue weighted by Crippen LogP contribution is -2.35. The summed E-state index contributed by atoms with van der Waals surface area (Å²) in [6, 6.07) is 19.1. The van der Waals surface area contributed by atoms with Crippen molar-refractivity contribution in [3.63, 3.8) is 0 Å². The van der Waals surface area contributed by atoms with Crippen molar-refractivity contribution in [1.82, 2.24) is 24.6 Å². The maximum Gasteiger partial charge on any atom is 0.255 e. The van der Waals surface area contributed by atoms with Gasteiger partial charge in [-0.15, -0.1) is 0 Å². The number of carbonyl (C=O) groups excluding carboxylic acids is 1. The highest BCUT2D eigenvalue weighted by Crippen LogP contribution is 2.34. The van der Waals surface area contributed by atoms with E-state index in [4.69, 9.17) is 9.72 Å². The van der Waals surface area contributed by atoms with E-state index >= 15 is 0 Å². The molecule has 1 saturated heterocycles. The zero-order valence-corrected chi connectivity index (χ0v) is 20.3. The summed E-state index contributed by atoms with van der Waals surface area (Å²) in [5.74, 6) is -0.191. The van der Waals surface area contributed by atoms with E-state index in [9.17, 15) is 4.79 Å². The van der Waals surface area contributed by atoms with Crippen molar-refractivity contribution >= 4 is 33.3 Å². The molecule has 0 radical (unpaired) electrons. The van der Waals surface area contributed by atoms with Crippen LogP contribution in [-0.4, -0.2) is 56.9 Å². The molecular formula is C27H24N6O2S. The lowest BCUT2D eigenvalue weighted by molar-refractivity contribution is 0.0341. The van der Waals surface area contributed by atoms with Crippen LogP contribution in [0.1, 0.15) is 15.9 Å². The second-order valence-corrected chi connectivity index (χ2v) is 9.55. The number of amides is 1. The molecule has 0 unspecified atom stereocenters. The maximum atomic E-state index is 13.1. The Kier molecular flexibility index (Phi) is 6.25. The number of ether oxygens (including phenoxy) is 1. The summed E-state index contributed by atoms with van der Waals surface area (Å²) in [6.07, 6.45) is 5.49. The monoisotopic (exact) mass is 496 g/mol. The van der Waals surface area contributed by atoms with E-state index in [0.717, 1.165) is 65.0 Å². The Hall–Kier alpha value is -3.92. The van der Waals surface area contributed by atoms with Crippen molar-refractivity contribution in [2.24, 2.45) is 0 Å². The lowest BCUT2D eigenvalue weighted by atomic mass is 10.1. The number of aromatic nitrogens is 4. The fourth-order valence-electron chi connectivity index (χ4n) is 4.27. The predicted molar refractivity (Wildman–Crippen MR) is 140 cm³/mol. The summed E-state index contributed by atoms with van der Waals surface area (Å²) in [6.45, 7) is 4.24. The number of morpholine rings is 1. The summed E-state index contributed by atoms with van der Waals surface area (Å²) < 4.78 is 7.18. The summed E-state index contributed by atoms with van der Waals surface area (Å²) >= 11 is 1.52. The molecular weight excluding hydrogens is 472 g/mol. The Morgan fingerprint density at radius 1 is 1.06 bits per heavy atom. The Morgan fingerprint density at radius 2 is 1.94 bits per heavy atom. The summed E-state index contributed by atoms with van der Waals surface area (Å²) in [4.78, 5) is 25.9. The minimum absolute atomic E-state index is 0.191. The second-order valence-electron chi connectivity index (χ2n) is 8.58. The van der Waals surface area contributed by atoms with Gasteiger partial charge in [-0.3, -0.25) is 9.69 Å². The topological polar surface area (TPSA) is 85.2 Å². The van der Waals surface area contributed by atoms with Gasteiger partial charge in [0.1, 0.15) is 15.4 Å². The Labute approximate surface area is 212 Å². The predicted octanol–water partition coefficient (Wildman–Crippen LogP) is 4.63. The first-order valence-corrected chi connectivity index (χ1v) is 12.6. The Balaban J connectivity index is 1.25. The lowest BCUT2D eigenvalue weighted by Gasteiger charge is -2.26. The standard InChI is InChI=1S/C27H24N6O2S/c34-25(20-5-3-6-21(16-20)33-10-4-9-29-33)30-23-8-2-1-7-22(23)26-31-24-15-19(17-28-27(24)36-26)18-32-11-13-35-14-12-32/h1-10,15-17H,11-14,18H2,(H,30,34). The third kappa shape index (κ3) is 4.76. The molecule has 6 rings (SSSR count). The number of nitrogens with zero attached hydrogens (tertiary/aromatic N) is 5. The van der Waals surface area contributed by atoms with Crippen LogP contribution in [0.4, 0.5) is 5.69 Å². The van der Waals surface area contributed by atoms with E-state index in [2.05, 4.69) is 26.4 Å². The van der Waals surface area contributed by atoms with Crippen molar-refractivity contribution in [1.29, 1.82) is 0 Å². The molecule has 2 aromatic carbocycles. The number of hydrogen-bond acceptors (Lipinski definition) is 7. The number of anilines is 1. The Bertz CT molecular complexity index is 1510. The number of pyridine rings is 1. The number of thiazole rings is 1. The number of para-hydroxylation sites is 1. The van der Waals surface area contributed by atoms with E-state index < -0.39 is 0 Å². The van der Waals surface area contributed by atoms with Crippen molar-refractivity contribution in [2.75, 3.05) is 31.6 Å². The van der Waals surface area contributed by atoms with Crippen LogP contribution >= 0.6 is 11.3 Å². The number of hydrogen-bond donors (Lipinski definition) is 1. The average Bonchev–Trinajstić information content (AvgIpc) is 3.60. The first-order valence-electron chi connectivity index (χ1n) is 11.8. The molecule has 3 aromatic heterocycles. The SMILES string of the molecule is O=C(Nc1ccccc1-c1nc2cc(CN3CCOCC3)cnc2s1)c1cccc(-n2cccn2)c1. The molecule has 36 heavy (non-hydrogen) atoms. The zero-order chi connectivity index (χ0) is 24.3. The van der Waals surface area contributed by atoms with Crippen LogP contribution in [0.2, 0.25) is 0 Å². The smallest absolute Gasteiger partial charge is 0.255 e. The van der Waals surface area contributed by atoms with Gasteiger partial charge in [0.2, 0.25) is 0 Å². The minimum Gasteiger partial charge on any atom is -0.379 e. The van der Waals surface area contributed by atoms with Gasteiger partial charge in [0.15, 0.2) is 0 Å². The maximum absolute atomic E-state index is 13.1. The quantitative estimate of drug-likeness (QED) is 0.369. The van der Waals surface area contributed by atoms with E-state index in [1.54, 1.807) is 16.9 Å². The summed E-state index contributed by atoms with van der Waals surface area (Å²) in [5, 5.41) is 8.14. The molecule has 1 aliphatic rings. The van der Waals surface area contributed by atoms with E-state index in [1.807, 2.05) is 60.9 Å². The van der Waals surface area contributed by atoms with E-state index in [1.165, 1.54) is 11.3 Å². The number of fused-ring (bicyclic) bond motifs is 1. The van der Waals surface area contributed by atoms with Crippen LogP contribution in [0.5, 0.6) is 0 Å². The van der Waals surface area contributed by atoms with Gasteiger partial charge < -0.3 is 10.1 Å². The van der Waals surface area contributed by atoms with Gasteiger partial charge in [-0.1, -0.05) is 29.5 Å². The minimum atomic E-state index is -0.191. The third-order valence-electron chi connectivity index (χ3n) is 6.10. The molecule has 180 valence electrons. The number of carbonyl (C=O) groups is 1. The average molecular weight is 497 g/mol. The number of benzene rings is 2. The van der Waals surface area contributed by atoms with E-state index in [0.29, 0.717) is 11.3 Å². The van der Waals surface area contributed by atoms with Gasteiger partial charge in [0, 0.05) is 49.4 Å².